The largest absolute Gasteiger partial charge is 0.476 e. The summed E-state index contributed by atoms with van der Waals surface area (Å²) in [5.74, 6) is 3.75. The number of rotatable bonds is 5. The molecule has 0 spiro atoms. The summed E-state index contributed by atoms with van der Waals surface area (Å²) in [4.78, 5) is 7.91. The first-order valence-electron chi connectivity index (χ1n) is 4.71. The quantitative estimate of drug-likeness (QED) is 0.553. The summed E-state index contributed by atoms with van der Waals surface area (Å²) in [6, 6.07) is 1.69. The average molecular weight is 206 g/mol. The Bertz CT molecular complexity index is 359. The van der Waals surface area contributed by atoms with Crippen LogP contribution >= 0.6 is 0 Å². The van der Waals surface area contributed by atoms with E-state index in [9.17, 15) is 0 Å². The molecule has 1 rings (SSSR count). The van der Waals surface area contributed by atoms with Crippen molar-refractivity contribution in [3.05, 3.63) is 6.07 Å². The number of nitrogens with one attached hydrogen (secondary N) is 1. The van der Waals surface area contributed by atoms with Crippen LogP contribution in [0, 0.1) is 12.3 Å². The van der Waals surface area contributed by atoms with E-state index in [4.69, 9.17) is 16.9 Å². The average Bonchev–Trinajstić information content (AvgIpc) is 2.18. The third-order valence-electron chi connectivity index (χ3n) is 1.57. The smallest absolute Gasteiger partial charge is 0.225 e. The summed E-state index contributed by atoms with van der Waals surface area (Å²) in [6.45, 7) is 3.16. The van der Waals surface area contributed by atoms with Gasteiger partial charge in [-0.05, 0) is 6.92 Å². The minimum atomic E-state index is 0.184. The number of anilines is 2. The minimum Gasteiger partial charge on any atom is -0.476 e. The van der Waals surface area contributed by atoms with Crippen molar-refractivity contribution in [1.29, 1.82) is 0 Å². The molecule has 3 N–H and O–H groups in total. The number of nitrogens with zero attached hydrogens (tertiary/aromatic N) is 2. The van der Waals surface area contributed by atoms with E-state index in [2.05, 4.69) is 21.2 Å². The van der Waals surface area contributed by atoms with Crippen LogP contribution in [0.3, 0.4) is 0 Å². The molecule has 0 atom stereocenters. The molecular weight excluding hydrogens is 192 g/mol. The molecule has 0 unspecified atom stereocenters. The lowest BCUT2D eigenvalue weighted by Gasteiger charge is -2.07. The summed E-state index contributed by atoms with van der Waals surface area (Å²) >= 11 is 0. The van der Waals surface area contributed by atoms with Gasteiger partial charge in [0.05, 0.1) is 0 Å². The van der Waals surface area contributed by atoms with Crippen LogP contribution in [0.5, 0.6) is 5.88 Å². The highest BCUT2D eigenvalue weighted by Gasteiger charge is 2.01. The van der Waals surface area contributed by atoms with E-state index in [1.807, 2.05) is 6.92 Å². The lowest BCUT2D eigenvalue weighted by molar-refractivity contribution is 0.314. The molecule has 0 aliphatic heterocycles. The number of hydrogen-bond acceptors (Lipinski definition) is 5. The summed E-state index contributed by atoms with van der Waals surface area (Å²) in [7, 11) is 0. The van der Waals surface area contributed by atoms with Gasteiger partial charge in [0, 0.05) is 19.0 Å². The lowest BCUT2D eigenvalue weighted by atomic mass is 10.5. The van der Waals surface area contributed by atoms with E-state index in [0.29, 0.717) is 24.7 Å². The fourth-order valence-electron chi connectivity index (χ4n) is 1.00. The molecule has 1 heterocycles. The third-order valence-corrected chi connectivity index (χ3v) is 1.57. The van der Waals surface area contributed by atoms with Crippen molar-refractivity contribution in [1.82, 2.24) is 9.97 Å². The molecule has 0 saturated heterocycles. The Morgan fingerprint density at radius 1 is 1.60 bits per heavy atom. The maximum Gasteiger partial charge on any atom is 0.225 e. The fraction of sp³-hybridized carbons (Fsp3) is 0.400. The van der Waals surface area contributed by atoms with Crippen molar-refractivity contribution in [3.8, 4) is 18.2 Å². The van der Waals surface area contributed by atoms with Crippen LogP contribution in [0.1, 0.15) is 13.3 Å². The van der Waals surface area contributed by atoms with Gasteiger partial charge in [0.1, 0.15) is 12.4 Å². The van der Waals surface area contributed by atoms with Gasteiger partial charge >= 0.3 is 0 Å². The number of hydrogen-bond donors (Lipinski definition) is 2. The minimum absolute atomic E-state index is 0.184. The van der Waals surface area contributed by atoms with Crippen LogP contribution < -0.4 is 15.8 Å². The Morgan fingerprint density at radius 3 is 3.07 bits per heavy atom. The molecule has 80 valence electrons. The van der Waals surface area contributed by atoms with Crippen LogP contribution in [-0.2, 0) is 0 Å². The van der Waals surface area contributed by atoms with Gasteiger partial charge < -0.3 is 15.8 Å². The second kappa shape index (κ2) is 5.70. The number of nitrogens with two attached hydrogens (primary N) is 1. The second-order valence-corrected chi connectivity index (χ2v) is 2.78. The first-order valence-corrected chi connectivity index (χ1v) is 4.71. The highest BCUT2D eigenvalue weighted by Crippen LogP contribution is 2.14. The van der Waals surface area contributed by atoms with Crippen LogP contribution in [-0.4, -0.2) is 23.1 Å². The molecule has 5 nitrogen and oxygen atoms in total. The van der Waals surface area contributed by atoms with Crippen LogP contribution in [0.4, 0.5) is 11.8 Å². The maximum atomic E-state index is 5.51. The Labute approximate surface area is 89.1 Å². The molecule has 0 fully saturated rings. The van der Waals surface area contributed by atoms with Crippen LogP contribution in [0.25, 0.3) is 0 Å². The van der Waals surface area contributed by atoms with Gasteiger partial charge in [0.2, 0.25) is 11.8 Å². The molecule has 0 aromatic carbocycles. The topological polar surface area (TPSA) is 73.1 Å². The van der Waals surface area contributed by atoms with Gasteiger partial charge in [-0.3, -0.25) is 0 Å². The molecular formula is C10H14N4O. The van der Waals surface area contributed by atoms with Gasteiger partial charge in [-0.15, -0.1) is 12.3 Å². The van der Waals surface area contributed by atoms with Gasteiger partial charge in [-0.25, -0.2) is 0 Å². The summed E-state index contributed by atoms with van der Waals surface area (Å²) in [5, 5.41) is 3.03. The van der Waals surface area contributed by atoms with Crippen molar-refractivity contribution in [3.63, 3.8) is 0 Å². The van der Waals surface area contributed by atoms with Crippen molar-refractivity contribution >= 4 is 11.8 Å². The highest BCUT2D eigenvalue weighted by atomic mass is 16.5. The third kappa shape index (κ3) is 3.73. The molecule has 5 heteroatoms. The van der Waals surface area contributed by atoms with Gasteiger partial charge in [-0.2, -0.15) is 9.97 Å². The van der Waals surface area contributed by atoms with E-state index in [1.165, 1.54) is 0 Å². The Morgan fingerprint density at radius 2 is 2.40 bits per heavy atom. The van der Waals surface area contributed by atoms with Crippen LogP contribution in [0.15, 0.2) is 6.07 Å². The zero-order valence-electron chi connectivity index (χ0n) is 8.66. The fourth-order valence-corrected chi connectivity index (χ4v) is 1.00. The first-order chi connectivity index (χ1) is 7.26. The zero-order chi connectivity index (χ0) is 11.1. The van der Waals surface area contributed by atoms with E-state index >= 15 is 0 Å². The van der Waals surface area contributed by atoms with Gasteiger partial charge in [0.25, 0.3) is 0 Å². The molecule has 0 aliphatic rings. The Hall–Kier alpha value is -1.96. The second-order valence-electron chi connectivity index (χ2n) is 2.78. The maximum absolute atomic E-state index is 5.51. The van der Waals surface area contributed by atoms with Crippen LogP contribution in [0.2, 0.25) is 0 Å². The molecule has 1 aromatic heterocycles. The van der Waals surface area contributed by atoms with E-state index in [0.717, 1.165) is 6.54 Å². The highest BCUT2D eigenvalue weighted by molar-refractivity contribution is 5.42. The van der Waals surface area contributed by atoms with Crippen molar-refractivity contribution in [2.24, 2.45) is 0 Å². The number of nitrogen functional groups attached to an aromatic ring is 1. The lowest BCUT2D eigenvalue weighted by Crippen LogP contribution is -2.06. The van der Waals surface area contributed by atoms with Crippen molar-refractivity contribution < 1.29 is 4.74 Å². The zero-order valence-corrected chi connectivity index (χ0v) is 8.66. The van der Waals surface area contributed by atoms with Crippen molar-refractivity contribution in [2.75, 3.05) is 24.2 Å². The van der Waals surface area contributed by atoms with E-state index in [1.54, 1.807) is 6.07 Å². The van der Waals surface area contributed by atoms with Crippen molar-refractivity contribution in [2.45, 2.75) is 13.3 Å². The molecule has 0 bridgehead atoms. The molecule has 0 saturated carbocycles. The summed E-state index contributed by atoms with van der Waals surface area (Å²) in [5.41, 5.74) is 5.51. The first kappa shape index (κ1) is 11.1. The molecule has 0 radical (unpaired) electrons. The number of ether oxygens (including phenoxy) is 1. The molecule has 0 amide bonds. The monoisotopic (exact) mass is 206 g/mol. The Balaban J connectivity index is 2.67. The van der Waals surface area contributed by atoms with Gasteiger partial charge in [-0.1, -0.05) is 0 Å². The number of aromatic nitrogens is 2. The van der Waals surface area contributed by atoms with E-state index < -0.39 is 0 Å². The summed E-state index contributed by atoms with van der Waals surface area (Å²) < 4.78 is 5.30. The van der Waals surface area contributed by atoms with Gasteiger partial charge in [0.15, 0.2) is 0 Å². The van der Waals surface area contributed by atoms with E-state index in [-0.39, 0.29) is 5.95 Å². The summed E-state index contributed by atoms with van der Waals surface area (Å²) in [6.07, 6.45) is 5.64. The predicted octanol–water partition coefficient (Wildman–Crippen LogP) is 0.893. The molecule has 15 heavy (non-hydrogen) atoms. The normalized spacial score (nSPS) is 9.33. The SMILES string of the molecule is C#CCCOc1cc(NCC)nc(N)n1. The molecule has 1 aromatic rings. The molecule has 0 aliphatic carbocycles. The predicted molar refractivity (Wildman–Crippen MR) is 59.6 cm³/mol. The number of terminal acetylenes is 1. The standard InChI is InChI=1S/C10H14N4O/c1-3-5-6-15-9-7-8(12-4-2)13-10(11)14-9/h1,7H,4-6H2,2H3,(H3,11,12,13,14). The Kier molecular flexibility index (Phi) is 4.23.